The molecule has 0 saturated carbocycles. The van der Waals surface area contributed by atoms with Crippen molar-refractivity contribution in [2.45, 2.75) is 13.0 Å². The number of carbonyl (C=O) groups excluding carboxylic acids is 1. The first-order valence-electron chi connectivity index (χ1n) is 9.02. The van der Waals surface area contributed by atoms with Crippen molar-refractivity contribution in [3.8, 4) is 17.1 Å². The average Bonchev–Trinajstić information content (AvgIpc) is 3.39. The van der Waals surface area contributed by atoms with Crippen LogP contribution in [0.2, 0.25) is 0 Å². The molecule has 4 rings (SSSR count). The molecule has 140 valence electrons. The number of oxazole rings is 1. The highest BCUT2D eigenvalue weighted by atomic mass is 16.3. The normalized spacial score (nSPS) is 10.8. The molecule has 0 saturated heterocycles. The molecule has 0 N–H and O–H groups in total. The summed E-state index contributed by atoms with van der Waals surface area (Å²) < 4.78 is 7.31. The molecule has 0 aliphatic heterocycles. The lowest BCUT2D eigenvalue weighted by Gasteiger charge is -2.15. The molecule has 0 spiro atoms. The molecule has 6 heteroatoms. The summed E-state index contributed by atoms with van der Waals surface area (Å²) in [5.74, 6) is 0.496. The topological polar surface area (TPSA) is 64.2 Å². The van der Waals surface area contributed by atoms with Gasteiger partial charge in [-0.25, -0.2) is 9.67 Å². The van der Waals surface area contributed by atoms with Crippen LogP contribution in [-0.2, 0) is 17.8 Å². The Morgan fingerprint density at radius 1 is 1.07 bits per heavy atom. The van der Waals surface area contributed by atoms with Gasteiger partial charge in [0, 0.05) is 30.9 Å². The lowest BCUT2D eigenvalue weighted by Crippen LogP contribution is -2.27. The highest BCUT2D eigenvalue weighted by Gasteiger charge is 2.15. The van der Waals surface area contributed by atoms with Gasteiger partial charge in [-0.2, -0.15) is 5.10 Å². The van der Waals surface area contributed by atoms with Crippen molar-refractivity contribution in [1.82, 2.24) is 19.7 Å². The van der Waals surface area contributed by atoms with Crippen molar-refractivity contribution in [2.75, 3.05) is 7.05 Å². The Morgan fingerprint density at radius 3 is 2.54 bits per heavy atom. The monoisotopic (exact) mass is 372 g/mol. The first-order chi connectivity index (χ1) is 13.7. The van der Waals surface area contributed by atoms with Gasteiger partial charge in [-0.1, -0.05) is 36.4 Å². The van der Waals surface area contributed by atoms with Crippen LogP contribution in [0.4, 0.5) is 0 Å². The predicted octanol–water partition coefficient (Wildman–Crippen LogP) is 3.73. The lowest BCUT2D eigenvalue weighted by atomic mass is 10.2. The third-order valence-electron chi connectivity index (χ3n) is 4.41. The Labute approximate surface area is 163 Å². The van der Waals surface area contributed by atoms with E-state index >= 15 is 0 Å². The number of likely N-dealkylation sites (N-methyl/N-ethyl adjacent to an activating group) is 1. The minimum Gasteiger partial charge on any atom is -0.444 e. The van der Waals surface area contributed by atoms with Gasteiger partial charge >= 0.3 is 0 Å². The fourth-order valence-electron chi connectivity index (χ4n) is 2.92. The summed E-state index contributed by atoms with van der Waals surface area (Å²) in [5.41, 5.74) is 3.46. The molecule has 2 heterocycles. The van der Waals surface area contributed by atoms with Gasteiger partial charge in [-0.05, 0) is 24.3 Å². The number of hydrogen-bond donors (Lipinski definition) is 0. The van der Waals surface area contributed by atoms with Crippen molar-refractivity contribution in [3.05, 3.63) is 90.6 Å². The summed E-state index contributed by atoms with van der Waals surface area (Å²) in [6, 6.07) is 19.5. The van der Waals surface area contributed by atoms with Gasteiger partial charge in [0.25, 0.3) is 0 Å². The number of carbonyl (C=O) groups is 1. The lowest BCUT2D eigenvalue weighted by molar-refractivity contribution is -0.129. The molecule has 6 nitrogen and oxygen atoms in total. The van der Waals surface area contributed by atoms with Gasteiger partial charge in [0.2, 0.25) is 11.8 Å². The fourth-order valence-corrected chi connectivity index (χ4v) is 2.92. The van der Waals surface area contributed by atoms with Crippen molar-refractivity contribution in [2.24, 2.45) is 0 Å². The molecule has 0 aliphatic carbocycles. The summed E-state index contributed by atoms with van der Waals surface area (Å²) >= 11 is 0. The van der Waals surface area contributed by atoms with Crippen LogP contribution >= 0.6 is 0 Å². The fraction of sp³-hybridized carbons (Fsp3) is 0.136. The molecular formula is C22H20N4O2. The van der Waals surface area contributed by atoms with Crippen molar-refractivity contribution >= 4 is 5.91 Å². The molecule has 4 aromatic rings. The van der Waals surface area contributed by atoms with E-state index in [1.165, 1.54) is 0 Å². The second kappa shape index (κ2) is 7.92. The van der Waals surface area contributed by atoms with E-state index in [9.17, 15) is 4.79 Å². The Balaban J connectivity index is 1.38. The maximum atomic E-state index is 12.6. The number of rotatable bonds is 6. The minimum absolute atomic E-state index is 0.0274. The maximum Gasteiger partial charge on any atom is 0.228 e. The third kappa shape index (κ3) is 4.01. The predicted molar refractivity (Wildman–Crippen MR) is 106 cm³/mol. The van der Waals surface area contributed by atoms with E-state index < -0.39 is 0 Å². The van der Waals surface area contributed by atoms with Crippen LogP contribution in [0.5, 0.6) is 0 Å². The summed E-state index contributed by atoms with van der Waals surface area (Å²) in [5, 5.41) is 4.37. The van der Waals surface area contributed by atoms with Crippen LogP contribution in [0, 0.1) is 0 Å². The van der Waals surface area contributed by atoms with Crippen LogP contribution in [0.3, 0.4) is 0 Å². The highest BCUT2D eigenvalue weighted by Crippen LogP contribution is 2.18. The van der Waals surface area contributed by atoms with E-state index in [2.05, 4.69) is 10.1 Å². The molecule has 0 aliphatic rings. The Bertz CT molecular complexity index is 1050. The van der Waals surface area contributed by atoms with Crippen LogP contribution in [-0.4, -0.2) is 32.6 Å². The van der Waals surface area contributed by atoms with Gasteiger partial charge in [-0.15, -0.1) is 0 Å². The number of para-hydroxylation sites is 1. The zero-order chi connectivity index (χ0) is 19.3. The Kier molecular flexibility index (Phi) is 5.01. The number of aromatic nitrogens is 3. The second-order valence-corrected chi connectivity index (χ2v) is 6.57. The Morgan fingerprint density at radius 2 is 1.79 bits per heavy atom. The van der Waals surface area contributed by atoms with Crippen LogP contribution < -0.4 is 0 Å². The third-order valence-corrected chi connectivity index (χ3v) is 4.41. The number of benzene rings is 2. The number of nitrogens with zero attached hydrogens (tertiary/aromatic N) is 4. The van der Waals surface area contributed by atoms with Crippen LogP contribution in [0.15, 0.2) is 83.7 Å². The molecule has 28 heavy (non-hydrogen) atoms. The zero-order valence-corrected chi connectivity index (χ0v) is 15.5. The number of amides is 1. The van der Waals surface area contributed by atoms with E-state index in [4.69, 9.17) is 4.42 Å². The molecule has 2 aromatic heterocycles. The number of hydrogen-bond acceptors (Lipinski definition) is 4. The van der Waals surface area contributed by atoms with E-state index in [1.807, 2.05) is 66.9 Å². The van der Waals surface area contributed by atoms with Gasteiger partial charge in [0.1, 0.15) is 6.26 Å². The molecule has 1 amide bonds. The maximum absolute atomic E-state index is 12.6. The van der Waals surface area contributed by atoms with Gasteiger partial charge in [0.15, 0.2) is 0 Å². The molecule has 2 aromatic carbocycles. The van der Waals surface area contributed by atoms with Crippen molar-refractivity contribution in [3.63, 3.8) is 0 Å². The molecule has 0 bridgehead atoms. The van der Waals surface area contributed by atoms with Crippen LogP contribution in [0.25, 0.3) is 17.1 Å². The summed E-state index contributed by atoms with van der Waals surface area (Å²) in [6.45, 7) is 0.481. The van der Waals surface area contributed by atoms with Gasteiger partial charge < -0.3 is 9.32 Å². The summed E-state index contributed by atoms with van der Waals surface area (Å²) in [7, 11) is 1.78. The van der Waals surface area contributed by atoms with E-state index in [0.717, 1.165) is 16.8 Å². The van der Waals surface area contributed by atoms with Crippen molar-refractivity contribution in [1.29, 1.82) is 0 Å². The van der Waals surface area contributed by atoms with Crippen LogP contribution in [0.1, 0.15) is 11.3 Å². The minimum atomic E-state index is -0.0274. The zero-order valence-electron chi connectivity index (χ0n) is 15.5. The summed E-state index contributed by atoms with van der Waals surface area (Å²) in [6.07, 6.45) is 5.45. The molecule has 0 atom stereocenters. The molecular weight excluding hydrogens is 352 g/mol. The Hall–Kier alpha value is -3.67. The van der Waals surface area contributed by atoms with E-state index in [0.29, 0.717) is 18.1 Å². The standard InChI is InChI=1S/C22H20N4O2/c1-25(14-17-13-23-26(15-17)20-10-6-3-7-11-20)21(27)12-19-16-28-22(24-19)18-8-4-2-5-9-18/h2-11,13,15-16H,12,14H2,1H3. The van der Waals surface area contributed by atoms with Gasteiger partial charge in [-0.3, -0.25) is 4.79 Å². The second-order valence-electron chi connectivity index (χ2n) is 6.57. The highest BCUT2D eigenvalue weighted by molar-refractivity contribution is 5.78. The first-order valence-corrected chi connectivity index (χ1v) is 9.02. The van der Waals surface area contributed by atoms with E-state index in [1.54, 1.807) is 29.1 Å². The smallest absolute Gasteiger partial charge is 0.228 e. The quantitative estimate of drug-likeness (QED) is 0.517. The molecule has 0 radical (unpaired) electrons. The van der Waals surface area contributed by atoms with Crippen molar-refractivity contribution < 1.29 is 9.21 Å². The van der Waals surface area contributed by atoms with E-state index in [-0.39, 0.29) is 12.3 Å². The first kappa shape index (κ1) is 17.7. The summed E-state index contributed by atoms with van der Waals surface area (Å²) in [4.78, 5) is 18.6. The largest absolute Gasteiger partial charge is 0.444 e. The SMILES string of the molecule is CN(Cc1cnn(-c2ccccc2)c1)C(=O)Cc1coc(-c2ccccc2)n1. The van der Waals surface area contributed by atoms with Gasteiger partial charge in [0.05, 0.1) is 24.0 Å². The molecule has 0 fully saturated rings. The average molecular weight is 372 g/mol. The molecule has 0 unspecified atom stereocenters.